The van der Waals surface area contributed by atoms with E-state index in [4.69, 9.17) is 4.74 Å². The van der Waals surface area contributed by atoms with E-state index in [2.05, 4.69) is 15.4 Å². The molecule has 2 aliphatic heterocycles. The number of fused-ring (bicyclic) bond motifs is 1. The van der Waals surface area contributed by atoms with E-state index in [0.717, 1.165) is 18.2 Å². The molecule has 18 heteroatoms. The second kappa shape index (κ2) is 12.7. The molecule has 5 rings (SSSR count). The van der Waals surface area contributed by atoms with Gasteiger partial charge in [0.05, 0.1) is 40.6 Å². The Morgan fingerprint density at radius 1 is 0.958 bits per heavy atom. The van der Waals surface area contributed by atoms with Gasteiger partial charge in [-0.3, -0.25) is 4.90 Å². The third-order valence-corrected chi connectivity index (χ3v) is 8.26. The number of amides is 1. The van der Waals surface area contributed by atoms with E-state index in [-0.39, 0.29) is 35.7 Å². The molecule has 0 N–H and O–H groups in total. The first-order valence-corrected chi connectivity index (χ1v) is 15.0. The van der Waals surface area contributed by atoms with Crippen LogP contribution >= 0.6 is 0 Å². The monoisotopic (exact) mass is 693 g/mol. The van der Waals surface area contributed by atoms with Gasteiger partial charge in [-0.2, -0.15) is 44.3 Å². The zero-order chi connectivity index (χ0) is 35.3. The van der Waals surface area contributed by atoms with Crippen LogP contribution in [0.25, 0.3) is 0 Å². The summed E-state index contributed by atoms with van der Waals surface area (Å²) < 4.78 is 130. The van der Waals surface area contributed by atoms with Crippen molar-refractivity contribution < 1.29 is 49.0 Å². The average Bonchev–Trinajstić information content (AvgIpc) is 3.62. The van der Waals surface area contributed by atoms with Gasteiger partial charge in [0.25, 0.3) is 5.95 Å². The number of likely N-dealkylation sites (N-methyl/N-ethyl adjacent to an activating group) is 1. The third kappa shape index (κ3) is 7.47. The molecule has 1 fully saturated rings. The molecule has 48 heavy (non-hydrogen) atoms. The Morgan fingerprint density at radius 2 is 1.58 bits per heavy atom. The van der Waals surface area contributed by atoms with Crippen molar-refractivity contribution in [2.24, 2.45) is 0 Å². The largest absolute Gasteiger partial charge is 0.446 e. The Labute approximate surface area is 269 Å². The molecule has 2 aromatic carbocycles. The van der Waals surface area contributed by atoms with Crippen LogP contribution in [0.1, 0.15) is 73.5 Å². The molecule has 1 aromatic heterocycles. The van der Waals surface area contributed by atoms with E-state index >= 15 is 0 Å². The van der Waals surface area contributed by atoms with E-state index in [1.165, 1.54) is 14.6 Å². The van der Waals surface area contributed by atoms with Gasteiger partial charge in [-0.15, -0.1) is 5.10 Å². The van der Waals surface area contributed by atoms with Crippen LogP contribution in [-0.4, -0.2) is 63.5 Å². The molecule has 3 aromatic rings. The van der Waals surface area contributed by atoms with Crippen LogP contribution in [0.3, 0.4) is 0 Å². The van der Waals surface area contributed by atoms with Gasteiger partial charge in [-0.05, 0) is 93.4 Å². The number of tetrazole rings is 1. The molecule has 2 unspecified atom stereocenters. The van der Waals surface area contributed by atoms with Crippen molar-refractivity contribution in [2.45, 2.75) is 82.9 Å². The molecule has 0 radical (unpaired) electrons. The molecule has 2 aliphatic rings. The number of carbonyl (C=O) groups is 1. The standard InChI is InChI=1S/C30H32F9N7O2/c1-16(2)48-27(47)45-17(3)9-25(23-13-19(28(31,32)33)5-6-24(23)45)44(26-40-42-46(41-26)22-7-8-43(4)15-22)14-18-10-20(29(34,35)36)12-21(11-18)30(37,38)39/h5-6,10-13,16-17,22,25H,7-9,14-15H2,1-4H3/t17?,22-,25?/m1/s1. The van der Waals surface area contributed by atoms with Crippen LogP contribution in [0, 0.1) is 0 Å². The van der Waals surface area contributed by atoms with E-state index in [9.17, 15) is 44.3 Å². The molecule has 262 valence electrons. The molecule has 0 saturated carbocycles. The Kier molecular flexibility index (Phi) is 9.35. The van der Waals surface area contributed by atoms with E-state index in [1.807, 2.05) is 11.9 Å². The van der Waals surface area contributed by atoms with Crippen LogP contribution in [0.15, 0.2) is 36.4 Å². The Balaban J connectivity index is 1.68. The van der Waals surface area contributed by atoms with Gasteiger partial charge in [-0.1, -0.05) is 5.10 Å². The second-order valence-corrected chi connectivity index (χ2v) is 12.3. The fraction of sp³-hybridized carbons (Fsp3) is 0.533. The van der Waals surface area contributed by atoms with Crippen molar-refractivity contribution in [1.82, 2.24) is 25.1 Å². The summed E-state index contributed by atoms with van der Waals surface area (Å²) in [5, 5.41) is 12.6. The summed E-state index contributed by atoms with van der Waals surface area (Å²) in [4.78, 5) is 18.8. The maximum absolute atomic E-state index is 14.0. The number of carbonyl (C=O) groups excluding carboxylic acids is 1. The first-order valence-electron chi connectivity index (χ1n) is 15.0. The minimum atomic E-state index is -5.14. The smallest absolute Gasteiger partial charge is 0.416 e. The predicted octanol–water partition coefficient (Wildman–Crippen LogP) is 7.50. The SMILES string of the molecule is CC(C)OC(=O)N1c2ccc(C(F)(F)F)cc2C(N(Cc2cc(C(F)(F)F)cc(C(F)(F)F)c2)c2nnn([C@@H]3CCN(C)C3)n2)CC1C. The molecule has 9 nitrogen and oxygen atoms in total. The van der Waals surface area contributed by atoms with Crippen molar-refractivity contribution in [3.8, 4) is 0 Å². The summed E-state index contributed by atoms with van der Waals surface area (Å²) in [6.45, 7) is 5.33. The molecule has 3 heterocycles. The maximum Gasteiger partial charge on any atom is 0.416 e. The lowest BCUT2D eigenvalue weighted by molar-refractivity contribution is -0.143. The lowest BCUT2D eigenvalue weighted by Crippen LogP contribution is -2.47. The van der Waals surface area contributed by atoms with Crippen LogP contribution in [0.5, 0.6) is 0 Å². The zero-order valence-electron chi connectivity index (χ0n) is 26.2. The number of benzene rings is 2. The lowest BCUT2D eigenvalue weighted by Gasteiger charge is -2.43. The summed E-state index contributed by atoms with van der Waals surface area (Å²) in [7, 11) is 1.87. The van der Waals surface area contributed by atoms with E-state index < -0.39 is 71.6 Å². The number of rotatable bonds is 6. The van der Waals surface area contributed by atoms with Crippen molar-refractivity contribution in [3.05, 3.63) is 64.2 Å². The number of hydrogen-bond donors (Lipinski definition) is 0. The Hall–Kier alpha value is -4.09. The quantitative estimate of drug-likeness (QED) is 0.248. The summed E-state index contributed by atoms with van der Waals surface area (Å²) in [6.07, 6.45) is -16.0. The van der Waals surface area contributed by atoms with Crippen molar-refractivity contribution in [2.75, 3.05) is 29.9 Å². The number of likely N-dealkylation sites (tertiary alicyclic amines) is 1. The van der Waals surface area contributed by atoms with Crippen LogP contribution in [0.4, 0.5) is 55.9 Å². The van der Waals surface area contributed by atoms with Crippen molar-refractivity contribution in [1.29, 1.82) is 0 Å². The number of halogens is 9. The van der Waals surface area contributed by atoms with Gasteiger partial charge in [0.15, 0.2) is 0 Å². The molecule has 0 spiro atoms. The first kappa shape index (κ1) is 35.2. The molecule has 0 bridgehead atoms. The lowest BCUT2D eigenvalue weighted by atomic mass is 9.89. The summed E-state index contributed by atoms with van der Waals surface area (Å²) in [5.74, 6) is -0.228. The Morgan fingerprint density at radius 3 is 2.12 bits per heavy atom. The van der Waals surface area contributed by atoms with Crippen LogP contribution < -0.4 is 9.80 Å². The topological polar surface area (TPSA) is 79.6 Å². The summed E-state index contributed by atoms with van der Waals surface area (Å²) >= 11 is 0. The maximum atomic E-state index is 14.0. The Bertz CT molecular complexity index is 1610. The zero-order valence-corrected chi connectivity index (χ0v) is 26.2. The number of ether oxygens (including phenoxy) is 1. The first-order chi connectivity index (χ1) is 22.2. The van der Waals surface area contributed by atoms with Gasteiger partial charge in [0.2, 0.25) is 0 Å². The minimum Gasteiger partial charge on any atom is -0.446 e. The number of hydrogen-bond acceptors (Lipinski definition) is 7. The van der Waals surface area contributed by atoms with Crippen molar-refractivity contribution >= 4 is 17.7 Å². The van der Waals surface area contributed by atoms with E-state index in [1.54, 1.807) is 20.8 Å². The van der Waals surface area contributed by atoms with Crippen molar-refractivity contribution in [3.63, 3.8) is 0 Å². The normalized spacial score (nSPS) is 20.7. The van der Waals surface area contributed by atoms with E-state index in [0.29, 0.717) is 31.6 Å². The number of aromatic nitrogens is 4. The minimum absolute atomic E-state index is 0.00916. The number of alkyl halides is 9. The highest BCUT2D eigenvalue weighted by Crippen LogP contribution is 2.45. The molecule has 3 atom stereocenters. The van der Waals surface area contributed by atoms with Crippen LogP contribution in [0.2, 0.25) is 0 Å². The third-order valence-electron chi connectivity index (χ3n) is 8.26. The molecular formula is C30H32F9N7O2. The summed E-state index contributed by atoms with van der Waals surface area (Å²) in [5.41, 5.74) is -4.70. The van der Waals surface area contributed by atoms with Crippen LogP contribution in [-0.2, 0) is 29.8 Å². The molecular weight excluding hydrogens is 661 g/mol. The highest BCUT2D eigenvalue weighted by molar-refractivity contribution is 5.90. The van der Waals surface area contributed by atoms with Gasteiger partial charge in [-0.25, -0.2) is 4.79 Å². The molecule has 1 saturated heterocycles. The highest BCUT2D eigenvalue weighted by Gasteiger charge is 2.42. The number of nitrogens with zero attached hydrogens (tertiary/aromatic N) is 7. The summed E-state index contributed by atoms with van der Waals surface area (Å²) in [6, 6.07) is 1.59. The van der Waals surface area contributed by atoms with Gasteiger partial charge in [0, 0.05) is 25.7 Å². The molecule has 0 aliphatic carbocycles. The molecule has 1 amide bonds. The fourth-order valence-electron chi connectivity index (χ4n) is 6.06. The average molecular weight is 694 g/mol. The van der Waals surface area contributed by atoms with Gasteiger partial charge >= 0.3 is 24.6 Å². The number of anilines is 2. The highest BCUT2D eigenvalue weighted by atomic mass is 19.4. The second-order valence-electron chi connectivity index (χ2n) is 12.3. The van der Waals surface area contributed by atoms with Gasteiger partial charge < -0.3 is 14.5 Å². The predicted molar refractivity (Wildman–Crippen MR) is 154 cm³/mol. The van der Waals surface area contributed by atoms with Gasteiger partial charge in [0.1, 0.15) is 0 Å². The fourth-order valence-corrected chi connectivity index (χ4v) is 6.06.